The lowest BCUT2D eigenvalue weighted by molar-refractivity contribution is -0.152. The molecule has 0 amide bonds. The van der Waals surface area contributed by atoms with Gasteiger partial charge >= 0.3 is 0 Å². The summed E-state index contributed by atoms with van der Waals surface area (Å²) in [5, 5.41) is 3.57. The molecule has 3 aliphatic rings. The van der Waals surface area contributed by atoms with Crippen LogP contribution in [0.4, 0.5) is 0 Å². The minimum atomic E-state index is -0.158. The fourth-order valence-electron chi connectivity index (χ4n) is 3.93. The molecule has 3 aliphatic heterocycles. The van der Waals surface area contributed by atoms with Gasteiger partial charge in [0.05, 0.1) is 12.2 Å². The van der Waals surface area contributed by atoms with Gasteiger partial charge in [0.1, 0.15) is 11.4 Å². The number of hydrogen-bond donors (Lipinski definition) is 1. The van der Waals surface area contributed by atoms with Crippen LogP contribution in [0.3, 0.4) is 0 Å². The van der Waals surface area contributed by atoms with E-state index in [1.165, 1.54) is 5.56 Å². The van der Waals surface area contributed by atoms with E-state index in [0.29, 0.717) is 18.1 Å². The Labute approximate surface area is 114 Å². The molecule has 2 saturated heterocycles. The molecule has 4 atom stereocenters. The maximum absolute atomic E-state index is 6.43. The fourth-order valence-corrected chi connectivity index (χ4v) is 3.93. The lowest BCUT2D eigenvalue weighted by atomic mass is 9.74. The van der Waals surface area contributed by atoms with Gasteiger partial charge in [-0.3, -0.25) is 0 Å². The van der Waals surface area contributed by atoms with Crippen LogP contribution in [0.15, 0.2) is 24.3 Å². The second-order valence-electron chi connectivity index (χ2n) is 6.53. The van der Waals surface area contributed by atoms with Crippen LogP contribution < -0.4 is 10.1 Å². The molecule has 4 rings (SSSR count). The van der Waals surface area contributed by atoms with Gasteiger partial charge in [0.25, 0.3) is 0 Å². The lowest BCUT2D eigenvalue weighted by Gasteiger charge is -2.49. The summed E-state index contributed by atoms with van der Waals surface area (Å²) in [7, 11) is 0. The second-order valence-corrected chi connectivity index (χ2v) is 6.53. The van der Waals surface area contributed by atoms with E-state index in [-0.39, 0.29) is 11.7 Å². The highest BCUT2D eigenvalue weighted by Crippen LogP contribution is 2.51. The Kier molecular flexibility index (Phi) is 2.45. The summed E-state index contributed by atoms with van der Waals surface area (Å²) in [6, 6.07) is 8.85. The van der Waals surface area contributed by atoms with Crippen molar-refractivity contribution >= 4 is 0 Å². The van der Waals surface area contributed by atoms with Gasteiger partial charge in [0.2, 0.25) is 0 Å². The summed E-state index contributed by atoms with van der Waals surface area (Å²) in [5.74, 6) is 1.42. The van der Waals surface area contributed by atoms with E-state index in [4.69, 9.17) is 9.47 Å². The molecule has 102 valence electrons. The standard InChI is InChI=1S/C16H21NO2/c1-16(2)11-9-12-14(7-8-17-12)18-15(11)10-5-3-4-6-13(10)19-16/h3-6,11-12,14-15,17H,7-9H2,1-2H3/t11-,12-,14-,15+/m1/s1. The Morgan fingerprint density at radius 1 is 1.26 bits per heavy atom. The molecule has 3 heteroatoms. The van der Waals surface area contributed by atoms with E-state index in [9.17, 15) is 0 Å². The number of para-hydroxylation sites is 1. The number of nitrogens with one attached hydrogen (secondary N) is 1. The van der Waals surface area contributed by atoms with E-state index in [2.05, 4.69) is 37.4 Å². The van der Waals surface area contributed by atoms with Crippen molar-refractivity contribution < 1.29 is 9.47 Å². The average Bonchev–Trinajstić information content (AvgIpc) is 2.84. The second kappa shape index (κ2) is 3.97. The van der Waals surface area contributed by atoms with Gasteiger partial charge in [-0.15, -0.1) is 0 Å². The Balaban J connectivity index is 1.76. The smallest absolute Gasteiger partial charge is 0.125 e. The highest BCUT2D eigenvalue weighted by Gasteiger charge is 2.51. The van der Waals surface area contributed by atoms with E-state index in [1.807, 2.05) is 6.07 Å². The topological polar surface area (TPSA) is 30.5 Å². The molecule has 0 saturated carbocycles. The first-order valence-corrected chi connectivity index (χ1v) is 7.32. The van der Waals surface area contributed by atoms with Gasteiger partial charge in [-0.05, 0) is 39.3 Å². The Morgan fingerprint density at radius 3 is 3.00 bits per heavy atom. The van der Waals surface area contributed by atoms with Crippen LogP contribution in [0.25, 0.3) is 0 Å². The van der Waals surface area contributed by atoms with E-state index >= 15 is 0 Å². The molecule has 0 unspecified atom stereocenters. The highest BCUT2D eigenvalue weighted by molar-refractivity contribution is 5.39. The van der Waals surface area contributed by atoms with Gasteiger partial charge in [-0.2, -0.15) is 0 Å². The van der Waals surface area contributed by atoms with Crippen molar-refractivity contribution in [3.8, 4) is 5.75 Å². The van der Waals surface area contributed by atoms with Gasteiger partial charge in [-0.25, -0.2) is 0 Å². The summed E-state index contributed by atoms with van der Waals surface area (Å²) < 4.78 is 12.7. The van der Waals surface area contributed by atoms with Crippen LogP contribution >= 0.6 is 0 Å². The fraction of sp³-hybridized carbons (Fsp3) is 0.625. The lowest BCUT2D eigenvalue weighted by Crippen LogP contribution is -2.53. The molecule has 3 nitrogen and oxygen atoms in total. The number of benzene rings is 1. The third-order valence-corrected chi connectivity index (χ3v) is 4.97. The Hall–Kier alpha value is -1.06. The Morgan fingerprint density at radius 2 is 2.11 bits per heavy atom. The minimum Gasteiger partial charge on any atom is -0.487 e. The first kappa shape index (κ1) is 11.7. The average molecular weight is 259 g/mol. The van der Waals surface area contributed by atoms with Gasteiger partial charge in [0, 0.05) is 17.5 Å². The molecule has 2 fully saturated rings. The third kappa shape index (κ3) is 1.72. The molecule has 19 heavy (non-hydrogen) atoms. The zero-order valence-corrected chi connectivity index (χ0v) is 11.6. The van der Waals surface area contributed by atoms with Crippen LogP contribution in [0, 0.1) is 5.92 Å². The van der Waals surface area contributed by atoms with Crippen LogP contribution in [0.1, 0.15) is 38.4 Å². The number of fused-ring (bicyclic) bond motifs is 4. The predicted molar refractivity (Wildman–Crippen MR) is 73.3 cm³/mol. The SMILES string of the molecule is CC1(C)Oc2ccccc2[C@@H]2O[C@@H]3CCN[C@@H]3C[C@H]21. The van der Waals surface area contributed by atoms with Crippen LogP contribution in [0.5, 0.6) is 5.75 Å². The first-order valence-electron chi connectivity index (χ1n) is 7.32. The molecule has 0 bridgehead atoms. The molecular formula is C16H21NO2. The quantitative estimate of drug-likeness (QED) is 0.777. The zero-order valence-electron chi connectivity index (χ0n) is 11.6. The summed E-state index contributed by atoms with van der Waals surface area (Å²) in [4.78, 5) is 0. The summed E-state index contributed by atoms with van der Waals surface area (Å²) >= 11 is 0. The van der Waals surface area contributed by atoms with E-state index in [0.717, 1.165) is 25.1 Å². The van der Waals surface area contributed by atoms with Crippen LogP contribution in [-0.2, 0) is 4.74 Å². The van der Waals surface area contributed by atoms with Crippen molar-refractivity contribution in [3.05, 3.63) is 29.8 Å². The number of hydrogen-bond acceptors (Lipinski definition) is 3. The van der Waals surface area contributed by atoms with Crippen molar-refractivity contribution in [2.24, 2.45) is 5.92 Å². The minimum absolute atomic E-state index is 0.158. The summed E-state index contributed by atoms with van der Waals surface area (Å²) in [6.07, 6.45) is 2.86. The molecule has 1 aromatic rings. The zero-order chi connectivity index (χ0) is 13.0. The van der Waals surface area contributed by atoms with Crippen molar-refractivity contribution in [1.29, 1.82) is 0 Å². The van der Waals surface area contributed by atoms with Gasteiger partial charge < -0.3 is 14.8 Å². The van der Waals surface area contributed by atoms with E-state index < -0.39 is 0 Å². The normalized spacial score (nSPS) is 38.8. The molecule has 0 radical (unpaired) electrons. The largest absolute Gasteiger partial charge is 0.487 e. The van der Waals surface area contributed by atoms with Crippen molar-refractivity contribution in [2.75, 3.05) is 6.54 Å². The maximum atomic E-state index is 6.43. The molecule has 1 N–H and O–H groups in total. The molecule has 1 aromatic carbocycles. The summed E-state index contributed by atoms with van der Waals surface area (Å²) in [5.41, 5.74) is 1.08. The number of ether oxygens (including phenoxy) is 2. The van der Waals surface area contributed by atoms with Gasteiger partial charge in [0.15, 0.2) is 0 Å². The Bertz CT molecular complexity index is 499. The molecule has 0 aliphatic carbocycles. The number of rotatable bonds is 0. The maximum Gasteiger partial charge on any atom is 0.125 e. The van der Waals surface area contributed by atoms with Crippen LogP contribution in [-0.4, -0.2) is 24.3 Å². The first-order chi connectivity index (χ1) is 9.15. The van der Waals surface area contributed by atoms with Crippen molar-refractivity contribution in [2.45, 2.75) is 50.5 Å². The molecule has 3 heterocycles. The third-order valence-electron chi connectivity index (χ3n) is 4.97. The van der Waals surface area contributed by atoms with Crippen LogP contribution in [0.2, 0.25) is 0 Å². The monoisotopic (exact) mass is 259 g/mol. The van der Waals surface area contributed by atoms with E-state index in [1.54, 1.807) is 0 Å². The molecule has 0 aromatic heterocycles. The van der Waals surface area contributed by atoms with Gasteiger partial charge in [-0.1, -0.05) is 18.2 Å². The highest BCUT2D eigenvalue weighted by atomic mass is 16.5. The molecule has 0 spiro atoms. The molecular weight excluding hydrogens is 238 g/mol. The predicted octanol–water partition coefficient (Wildman–Crippen LogP) is 2.67. The van der Waals surface area contributed by atoms with Crippen molar-refractivity contribution in [3.63, 3.8) is 0 Å². The summed E-state index contributed by atoms with van der Waals surface area (Å²) in [6.45, 7) is 5.47. The van der Waals surface area contributed by atoms with Crippen molar-refractivity contribution in [1.82, 2.24) is 5.32 Å².